The number of aliphatic hydroxyl groups is 1. The molecule has 0 spiro atoms. The third-order valence-corrected chi connectivity index (χ3v) is 1.73. The second-order valence-corrected chi connectivity index (χ2v) is 3.04. The first-order valence-corrected chi connectivity index (χ1v) is 4.45. The standard InChI is InChI=1S/C9H18O3/c1-4-5-6-9(11)12-8(3)7(2)10/h7-8,10H,4-6H2,1-3H3. The van der Waals surface area contributed by atoms with Crippen LogP contribution in [0.1, 0.15) is 40.0 Å². The summed E-state index contributed by atoms with van der Waals surface area (Å²) in [5.74, 6) is -0.217. The van der Waals surface area contributed by atoms with Gasteiger partial charge in [-0.1, -0.05) is 13.3 Å². The number of aliphatic hydroxyl groups excluding tert-OH is 1. The first kappa shape index (κ1) is 11.4. The van der Waals surface area contributed by atoms with E-state index in [1.807, 2.05) is 6.92 Å². The molecular weight excluding hydrogens is 156 g/mol. The Morgan fingerprint density at radius 3 is 2.50 bits per heavy atom. The Morgan fingerprint density at radius 2 is 2.08 bits per heavy atom. The van der Waals surface area contributed by atoms with Gasteiger partial charge in [-0.2, -0.15) is 0 Å². The molecule has 0 heterocycles. The summed E-state index contributed by atoms with van der Waals surface area (Å²) < 4.78 is 4.92. The van der Waals surface area contributed by atoms with E-state index in [1.165, 1.54) is 0 Å². The van der Waals surface area contributed by atoms with Crippen molar-refractivity contribution in [2.24, 2.45) is 0 Å². The van der Waals surface area contributed by atoms with Crippen LogP contribution in [0.25, 0.3) is 0 Å². The molecule has 0 amide bonds. The summed E-state index contributed by atoms with van der Waals surface area (Å²) >= 11 is 0. The molecule has 2 atom stereocenters. The lowest BCUT2D eigenvalue weighted by Crippen LogP contribution is -2.25. The minimum Gasteiger partial charge on any atom is -0.460 e. The van der Waals surface area contributed by atoms with Crippen LogP contribution in [0.3, 0.4) is 0 Å². The molecule has 0 aromatic carbocycles. The second-order valence-electron chi connectivity index (χ2n) is 3.04. The van der Waals surface area contributed by atoms with Crippen molar-refractivity contribution in [1.29, 1.82) is 0 Å². The Kier molecular flexibility index (Phi) is 5.72. The van der Waals surface area contributed by atoms with Crippen LogP contribution in [0.5, 0.6) is 0 Å². The molecule has 0 aliphatic rings. The SMILES string of the molecule is CCCCC(=O)OC(C)C(C)O. The summed E-state index contributed by atoms with van der Waals surface area (Å²) in [6, 6.07) is 0. The fourth-order valence-corrected chi connectivity index (χ4v) is 0.686. The fraction of sp³-hybridized carbons (Fsp3) is 0.889. The predicted molar refractivity (Wildman–Crippen MR) is 46.8 cm³/mol. The molecule has 3 nitrogen and oxygen atoms in total. The van der Waals surface area contributed by atoms with Gasteiger partial charge in [0.05, 0.1) is 6.10 Å². The molecule has 3 heteroatoms. The van der Waals surface area contributed by atoms with Gasteiger partial charge in [0.1, 0.15) is 6.10 Å². The Balaban J connectivity index is 3.54. The van der Waals surface area contributed by atoms with Crippen molar-refractivity contribution in [1.82, 2.24) is 0 Å². The van der Waals surface area contributed by atoms with Crippen LogP contribution >= 0.6 is 0 Å². The van der Waals surface area contributed by atoms with Crippen LogP contribution in [0, 0.1) is 0 Å². The molecule has 12 heavy (non-hydrogen) atoms. The van der Waals surface area contributed by atoms with Gasteiger partial charge < -0.3 is 9.84 Å². The van der Waals surface area contributed by atoms with Gasteiger partial charge in [0.25, 0.3) is 0 Å². The maximum absolute atomic E-state index is 11.0. The van der Waals surface area contributed by atoms with E-state index < -0.39 is 12.2 Å². The average molecular weight is 174 g/mol. The average Bonchev–Trinajstić information content (AvgIpc) is 2.00. The predicted octanol–water partition coefficient (Wildman–Crippen LogP) is 1.49. The van der Waals surface area contributed by atoms with Crippen molar-refractivity contribution in [2.45, 2.75) is 52.2 Å². The van der Waals surface area contributed by atoms with Gasteiger partial charge in [-0.3, -0.25) is 4.79 Å². The molecule has 0 rings (SSSR count). The van der Waals surface area contributed by atoms with Gasteiger partial charge in [-0.15, -0.1) is 0 Å². The second kappa shape index (κ2) is 6.00. The van der Waals surface area contributed by atoms with Crippen LogP contribution in [0.4, 0.5) is 0 Å². The van der Waals surface area contributed by atoms with Crippen LogP contribution < -0.4 is 0 Å². The lowest BCUT2D eigenvalue weighted by Gasteiger charge is -2.15. The lowest BCUT2D eigenvalue weighted by atomic mass is 10.2. The molecule has 72 valence electrons. The number of rotatable bonds is 5. The topological polar surface area (TPSA) is 46.5 Å². The van der Waals surface area contributed by atoms with E-state index in [0.717, 1.165) is 12.8 Å². The molecule has 0 saturated carbocycles. The molecule has 0 radical (unpaired) electrons. The van der Waals surface area contributed by atoms with E-state index in [9.17, 15) is 4.79 Å². The zero-order chi connectivity index (χ0) is 9.56. The Morgan fingerprint density at radius 1 is 1.50 bits per heavy atom. The quantitative estimate of drug-likeness (QED) is 0.642. The Hall–Kier alpha value is -0.570. The van der Waals surface area contributed by atoms with E-state index in [2.05, 4.69) is 0 Å². The smallest absolute Gasteiger partial charge is 0.306 e. The van der Waals surface area contributed by atoms with Gasteiger partial charge in [-0.05, 0) is 20.3 Å². The van der Waals surface area contributed by atoms with Gasteiger partial charge >= 0.3 is 5.97 Å². The van der Waals surface area contributed by atoms with Crippen molar-refractivity contribution >= 4 is 5.97 Å². The van der Waals surface area contributed by atoms with Gasteiger partial charge in [0, 0.05) is 6.42 Å². The highest BCUT2D eigenvalue weighted by Gasteiger charge is 2.13. The zero-order valence-electron chi connectivity index (χ0n) is 8.04. The van der Waals surface area contributed by atoms with E-state index in [-0.39, 0.29) is 5.97 Å². The minimum absolute atomic E-state index is 0.217. The van der Waals surface area contributed by atoms with Gasteiger partial charge in [0.2, 0.25) is 0 Å². The number of hydrogen-bond donors (Lipinski definition) is 1. The molecule has 0 aromatic heterocycles. The molecule has 1 N–H and O–H groups in total. The number of ether oxygens (including phenoxy) is 1. The van der Waals surface area contributed by atoms with Crippen molar-refractivity contribution in [2.75, 3.05) is 0 Å². The molecule has 0 bridgehead atoms. The van der Waals surface area contributed by atoms with Crippen LogP contribution in [-0.4, -0.2) is 23.3 Å². The summed E-state index contributed by atoms with van der Waals surface area (Å²) in [6.45, 7) is 5.32. The number of esters is 1. The Bertz CT molecular complexity index is 132. The van der Waals surface area contributed by atoms with E-state index >= 15 is 0 Å². The molecule has 2 unspecified atom stereocenters. The number of unbranched alkanes of at least 4 members (excludes halogenated alkanes) is 1. The van der Waals surface area contributed by atoms with Crippen LogP contribution in [-0.2, 0) is 9.53 Å². The van der Waals surface area contributed by atoms with Crippen molar-refractivity contribution < 1.29 is 14.6 Å². The highest BCUT2D eigenvalue weighted by molar-refractivity contribution is 5.69. The largest absolute Gasteiger partial charge is 0.460 e. The summed E-state index contributed by atoms with van der Waals surface area (Å²) in [5.41, 5.74) is 0. The number of carbonyl (C=O) groups is 1. The third-order valence-electron chi connectivity index (χ3n) is 1.73. The first-order chi connectivity index (χ1) is 5.57. The minimum atomic E-state index is -0.587. The molecule has 0 aromatic rings. The molecule has 0 saturated heterocycles. The first-order valence-electron chi connectivity index (χ1n) is 4.45. The van der Waals surface area contributed by atoms with E-state index in [1.54, 1.807) is 13.8 Å². The highest BCUT2D eigenvalue weighted by Crippen LogP contribution is 2.02. The third kappa shape index (κ3) is 5.13. The van der Waals surface area contributed by atoms with Crippen molar-refractivity contribution in [3.8, 4) is 0 Å². The summed E-state index contributed by atoms with van der Waals surface area (Å²) in [5, 5.41) is 9.02. The van der Waals surface area contributed by atoms with E-state index in [4.69, 9.17) is 9.84 Å². The van der Waals surface area contributed by atoms with Crippen molar-refractivity contribution in [3.63, 3.8) is 0 Å². The zero-order valence-corrected chi connectivity index (χ0v) is 8.04. The highest BCUT2D eigenvalue weighted by atomic mass is 16.6. The molecular formula is C9H18O3. The summed E-state index contributed by atoms with van der Waals surface area (Å²) in [4.78, 5) is 11.0. The monoisotopic (exact) mass is 174 g/mol. The van der Waals surface area contributed by atoms with E-state index in [0.29, 0.717) is 6.42 Å². The maximum Gasteiger partial charge on any atom is 0.306 e. The molecule has 0 aliphatic heterocycles. The lowest BCUT2D eigenvalue weighted by molar-refractivity contribution is -0.153. The van der Waals surface area contributed by atoms with Crippen molar-refractivity contribution in [3.05, 3.63) is 0 Å². The normalized spacial score (nSPS) is 15.3. The number of hydrogen-bond acceptors (Lipinski definition) is 3. The van der Waals surface area contributed by atoms with Gasteiger partial charge in [0.15, 0.2) is 0 Å². The Labute approximate surface area is 73.7 Å². The molecule has 0 aliphatic carbocycles. The fourth-order valence-electron chi connectivity index (χ4n) is 0.686. The molecule has 0 fully saturated rings. The maximum atomic E-state index is 11.0. The summed E-state index contributed by atoms with van der Waals surface area (Å²) in [7, 11) is 0. The van der Waals surface area contributed by atoms with Crippen LogP contribution in [0.2, 0.25) is 0 Å². The number of carbonyl (C=O) groups excluding carboxylic acids is 1. The summed E-state index contributed by atoms with van der Waals surface area (Å²) in [6.07, 6.45) is 1.31. The van der Waals surface area contributed by atoms with Crippen LogP contribution in [0.15, 0.2) is 0 Å². The van der Waals surface area contributed by atoms with Gasteiger partial charge in [-0.25, -0.2) is 0 Å².